The summed E-state index contributed by atoms with van der Waals surface area (Å²) < 4.78 is 5.15. The number of aromatic nitrogens is 2. The van der Waals surface area contributed by atoms with Gasteiger partial charge in [0.25, 0.3) is 0 Å². The molecule has 1 aromatic carbocycles. The molecule has 0 amide bonds. The molecule has 1 saturated carbocycles. The molecule has 3 N–H and O–H groups in total. The average molecular weight is 243 g/mol. The van der Waals surface area contributed by atoms with Gasteiger partial charge in [-0.05, 0) is 31.0 Å². The minimum absolute atomic E-state index is 0.620. The second kappa shape index (κ2) is 4.37. The number of rotatable bonds is 3. The smallest absolute Gasteiger partial charge is 0.141 e. The molecule has 4 nitrogen and oxygen atoms in total. The quantitative estimate of drug-likeness (QED) is 0.815. The Balaban J connectivity index is 1.89. The molecule has 2 aromatic rings. The highest BCUT2D eigenvalue weighted by atomic mass is 16.5. The van der Waals surface area contributed by atoms with Crippen molar-refractivity contribution < 1.29 is 4.74 Å². The van der Waals surface area contributed by atoms with Crippen LogP contribution in [-0.2, 0) is 0 Å². The van der Waals surface area contributed by atoms with E-state index in [2.05, 4.69) is 9.97 Å². The Morgan fingerprint density at radius 1 is 1.39 bits per heavy atom. The molecule has 1 heterocycles. The first kappa shape index (κ1) is 11.1. The number of benzene rings is 1. The number of nitrogens with two attached hydrogens (primary N) is 1. The fraction of sp³-hybridized carbons (Fsp3) is 0.357. The number of nitrogen functional groups attached to an aromatic ring is 1. The SMILES string of the molecule is COc1ccc(-c2cnc(C3CCC3)[nH]2)cc1N. The van der Waals surface area contributed by atoms with Crippen molar-refractivity contribution in [2.75, 3.05) is 12.8 Å². The standard InChI is InChI=1S/C14H17N3O/c1-18-13-6-5-10(7-11(13)15)12-8-16-14(17-12)9-3-2-4-9/h5-9H,2-4,15H2,1H3,(H,16,17). The highest BCUT2D eigenvalue weighted by Crippen LogP contribution is 2.35. The fourth-order valence-corrected chi connectivity index (χ4v) is 2.27. The summed E-state index contributed by atoms with van der Waals surface area (Å²) >= 11 is 0. The molecule has 3 rings (SSSR count). The number of nitrogens with zero attached hydrogens (tertiary/aromatic N) is 1. The lowest BCUT2D eigenvalue weighted by molar-refractivity contribution is 0.404. The first-order valence-electron chi connectivity index (χ1n) is 6.26. The van der Waals surface area contributed by atoms with Crippen molar-refractivity contribution in [1.29, 1.82) is 0 Å². The number of ether oxygens (including phenoxy) is 1. The minimum atomic E-state index is 0.620. The van der Waals surface area contributed by atoms with Crippen LogP contribution in [0.25, 0.3) is 11.3 Å². The van der Waals surface area contributed by atoms with Crippen LogP contribution in [0.5, 0.6) is 5.75 Å². The number of methoxy groups -OCH3 is 1. The molecule has 18 heavy (non-hydrogen) atoms. The molecule has 1 aliphatic rings. The third-order valence-corrected chi connectivity index (χ3v) is 3.63. The van der Waals surface area contributed by atoms with Gasteiger partial charge in [0.05, 0.1) is 24.7 Å². The number of imidazole rings is 1. The van der Waals surface area contributed by atoms with E-state index in [-0.39, 0.29) is 0 Å². The van der Waals surface area contributed by atoms with Crippen molar-refractivity contribution in [2.24, 2.45) is 0 Å². The molecule has 0 bridgehead atoms. The molecule has 1 aliphatic carbocycles. The third kappa shape index (κ3) is 1.83. The van der Waals surface area contributed by atoms with Crippen LogP contribution in [0.2, 0.25) is 0 Å². The number of nitrogens with one attached hydrogen (secondary N) is 1. The Morgan fingerprint density at radius 2 is 2.22 bits per heavy atom. The predicted octanol–water partition coefficient (Wildman–Crippen LogP) is 2.93. The highest BCUT2D eigenvalue weighted by Gasteiger charge is 2.22. The van der Waals surface area contributed by atoms with Crippen molar-refractivity contribution >= 4 is 5.69 Å². The fourth-order valence-electron chi connectivity index (χ4n) is 2.27. The van der Waals surface area contributed by atoms with E-state index in [9.17, 15) is 0 Å². The number of anilines is 1. The number of aromatic amines is 1. The zero-order valence-corrected chi connectivity index (χ0v) is 10.4. The minimum Gasteiger partial charge on any atom is -0.495 e. The van der Waals surface area contributed by atoms with Crippen LogP contribution in [0.3, 0.4) is 0 Å². The van der Waals surface area contributed by atoms with Crippen LogP contribution in [0.15, 0.2) is 24.4 Å². The number of hydrogen-bond acceptors (Lipinski definition) is 3. The maximum atomic E-state index is 5.91. The van der Waals surface area contributed by atoms with Crippen LogP contribution in [0.1, 0.15) is 31.0 Å². The van der Waals surface area contributed by atoms with Crippen LogP contribution < -0.4 is 10.5 Å². The molecular weight excluding hydrogens is 226 g/mol. The predicted molar refractivity (Wildman–Crippen MR) is 71.6 cm³/mol. The van der Waals surface area contributed by atoms with Gasteiger partial charge in [-0.25, -0.2) is 4.98 Å². The second-order valence-corrected chi connectivity index (χ2v) is 4.77. The Kier molecular flexibility index (Phi) is 2.70. The Labute approximate surface area is 106 Å². The maximum absolute atomic E-state index is 5.91. The summed E-state index contributed by atoms with van der Waals surface area (Å²) in [5.41, 5.74) is 8.63. The molecule has 94 valence electrons. The molecule has 0 spiro atoms. The molecule has 0 saturated heterocycles. The molecule has 0 radical (unpaired) electrons. The highest BCUT2D eigenvalue weighted by molar-refractivity contribution is 5.68. The van der Waals surface area contributed by atoms with Gasteiger partial charge in [-0.15, -0.1) is 0 Å². The van der Waals surface area contributed by atoms with Gasteiger partial charge in [-0.1, -0.05) is 6.42 Å². The molecule has 1 aromatic heterocycles. The lowest BCUT2D eigenvalue weighted by atomic mass is 9.85. The van der Waals surface area contributed by atoms with E-state index in [0.29, 0.717) is 17.4 Å². The summed E-state index contributed by atoms with van der Waals surface area (Å²) in [5, 5.41) is 0. The maximum Gasteiger partial charge on any atom is 0.141 e. The van der Waals surface area contributed by atoms with Gasteiger partial charge in [-0.3, -0.25) is 0 Å². The monoisotopic (exact) mass is 243 g/mol. The van der Waals surface area contributed by atoms with Gasteiger partial charge in [0.1, 0.15) is 11.6 Å². The number of H-pyrrole nitrogens is 1. The van der Waals surface area contributed by atoms with Crippen LogP contribution in [0, 0.1) is 0 Å². The molecule has 0 unspecified atom stereocenters. The van der Waals surface area contributed by atoms with E-state index in [1.54, 1.807) is 7.11 Å². The topological polar surface area (TPSA) is 63.9 Å². The largest absolute Gasteiger partial charge is 0.495 e. The average Bonchev–Trinajstić information content (AvgIpc) is 2.76. The Morgan fingerprint density at radius 3 is 2.83 bits per heavy atom. The summed E-state index contributed by atoms with van der Waals surface area (Å²) in [5.74, 6) is 2.43. The third-order valence-electron chi connectivity index (χ3n) is 3.63. The van der Waals surface area contributed by atoms with Gasteiger partial charge >= 0.3 is 0 Å². The first-order valence-corrected chi connectivity index (χ1v) is 6.26. The van der Waals surface area contributed by atoms with Crippen LogP contribution >= 0.6 is 0 Å². The molecular formula is C14H17N3O. The van der Waals surface area contributed by atoms with E-state index in [1.165, 1.54) is 19.3 Å². The summed E-state index contributed by atoms with van der Waals surface area (Å²) in [6, 6.07) is 5.79. The summed E-state index contributed by atoms with van der Waals surface area (Å²) in [6.07, 6.45) is 5.69. The van der Waals surface area contributed by atoms with Crippen LogP contribution in [0.4, 0.5) is 5.69 Å². The van der Waals surface area contributed by atoms with Crippen molar-refractivity contribution in [3.05, 3.63) is 30.2 Å². The van der Waals surface area contributed by atoms with Gasteiger partial charge in [-0.2, -0.15) is 0 Å². The normalized spacial score (nSPS) is 15.4. The summed E-state index contributed by atoms with van der Waals surface area (Å²) in [4.78, 5) is 7.85. The molecule has 1 fully saturated rings. The molecule has 0 aliphatic heterocycles. The van der Waals surface area contributed by atoms with Gasteiger partial charge in [0.2, 0.25) is 0 Å². The van der Waals surface area contributed by atoms with E-state index < -0.39 is 0 Å². The van der Waals surface area contributed by atoms with E-state index in [4.69, 9.17) is 10.5 Å². The Hall–Kier alpha value is -1.97. The van der Waals surface area contributed by atoms with Gasteiger partial charge < -0.3 is 15.5 Å². The zero-order chi connectivity index (χ0) is 12.5. The van der Waals surface area contributed by atoms with Crippen molar-refractivity contribution in [2.45, 2.75) is 25.2 Å². The lowest BCUT2D eigenvalue weighted by Gasteiger charge is -2.22. The lowest BCUT2D eigenvalue weighted by Crippen LogP contribution is -2.10. The van der Waals surface area contributed by atoms with Crippen molar-refractivity contribution in [1.82, 2.24) is 9.97 Å². The van der Waals surface area contributed by atoms with Crippen molar-refractivity contribution in [3.8, 4) is 17.0 Å². The number of hydrogen-bond donors (Lipinski definition) is 2. The van der Waals surface area contributed by atoms with E-state index in [0.717, 1.165) is 17.1 Å². The second-order valence-electron chi connectivity index (χ2n) is 4.77. The molecule has 4 heteroatoms. The zero-order valence-electron chi connectivity index (χ0n) is 10.4. The van der Waals surface area contributed by atoms with E-state index in [1.807, 2.05) is 24.4 Å². The molecule has 0 atom stereocenters. The van der Waals surface area contributed by atoms with Gasteiger partial charge in [0, 0.05) is 11.5 Å². The van der Waals surface area contributed by atoms with E-state index >= 15 is 0 Å². The summed E-state index contributed by atoms with van der Waals surface area (Å²) in [7, 11) is 1.62. The van der Waals surface area contributed by atoms with Gasteiger partial charge in [0.15, 0.2) is 0 Å². The van der Waals surface area contributed by atoms with Crippen molar-refractivity contribution in [3.63, 3.8) is 0 Å². The van der Waals surface area contributed by atoms with Crippen LogP contribution in [-0.4, -0.2) is 17.1 Å². The Bertz CT molecular complexity index is 558. The first-order chi connectivity index (χ1) is 8.78. The summed E-state index contributed by atoms with van der Waals surface area (Å²) in [6.45, 7) is 0.